The zero-order valence-electron chi connectivity index (χ0n) is 7.49. The van der Waals surface area contributed by atoms with Crippen LogP contribution < -0.4 is 5.32 Å². The monoisotopic (exact) mass is 355 g/mol. The Morgan fingerprint density at radius 2 is 2.23 bits per heavy atom. The van der Waals surface area contributed by atoms with Crippen molar-refractivity contribution < 1.29 is 8.98 Å². The molecule has 0 amide bonds. The Morgan fingerprint density at radius 3 is 2.54 bits per heavy atom. The summed E-state index contributed by atoms with van der Waals surface area (Å²) in [7, 11) is 5.23. The smallest absolute Gasteiger partial charge is 0.334 e. The summed E-state index contributed by atoms with van der Waals surface area (Å²) >= 11 is 6.98. The summed E-state index contributed by atoms with van der Waals surface area (Å²) in [5.74, 6) is 0.624. The number of hydrogen-bond acceptors (Lipinski definition) is 6. The lowest BCUT2D eigenvalue weighted by Crippen LogP contribution is -2.34. The highest BCUT2D eigenvalue weighted by molar-refractivity contribution is 14.2. The topological polar surface area (TPSA) is 38.3 Å². The fraction of sp³-hybridized carbons (Fsp3) is 0.833. The molecule has 0 bridgehead atoms. The van der Waals surface area contributed by atoms with E-state index in [2.05, 4.69) is 32.2 Å². The van der Waals surface area contributed by atoms with E-state index >= 15 is 0 Å². The number of carbonyl (C=O) groups is 1. The number of likely N-dealkylation sites (N-methyl/N-ethyl adjacent to an activating group) is 1. The Hall–Kier alpha value is 1.21. The van der Waals surface area contributed by atoms with Gasteiger partial charge in [-0.15, -0.1) is 9.80 Å². The molecule has 80 valence electrons. The summed E-state index contributed by atoms with van der Waals surface area (Å²) in [4.78, 5) is 10.9. The van der Waals surface area contributed by atoms with Gasteiger partial charge in [-0.05, 0) is 46.7 Å². The van der Waals surface area contributed by atoms with Gasteiger partial charge in [-0.2, -0.15) is 11.8 Å². The molecule has 0 spiro atoms. The van der Waals surface area contributed by atoms with Gasteiger partial charge in [0.15, 0.2) is 0 Å². The Kier molecular flexibility index (Phi) is 16.9. The minimum absolute atomic E-state index is 0.222. The van der Waals surface area contributed by atoms with Crippen molar-refractivity contribution in [2.45, 2.75) is 12.5 Å². The molecule has 0 rings (SSSR count). The molecular weight excluding hydrogens is 341 g/mol. The van der Waals surface area contributed by atoms with E-state index in [9.17, 15) is 4.79 Å². The van der Waals surface area contributed by atoms with Crippen molar-refractivity contribution in [3.63, 3.8) is 0 Å². The van der Waals surface area contributed by atoms with Crippen molar-refractivity contribution in [3.8, 4) is 0 Å². The van der Waals surface area contributed by atoms with Crippen LogP contribution in [0.1, 0.15) is 6.42 Å². The first-order valence-corrected chi connectivity index (χ1v) is 8.43. The third-order valence-corrected chi connectivity index (χ3v) is 2.16. The standard InChI is InChI=1S/C6H13NO2S2.HIS/c1-7-5(3-4-11-2)6(8)9-10;1-2/h5,7,10H,3-4H2,1-2H3;2H/t5-;/m0./s1. The van der Waals surface area contributed by atoms with E-state index in [0.29, 0.717) is 0 Å². The highest BCUT2D eigenvalue weighted by atomic mass is 127. The Labute approximate surface area is 107 Å². The van der Waals surface area contributed by atoms with E-state index in [1.807, 2.05) is 27.5 Å². The van der Waals surface area contributed by atoms with Gasteiger partial charge in [0.2, 0.25) is 0 Å². The third kappa shape index (κ3) is 9.51. The van der Waals surface area contributed by atoms with Gasteiger partial charge in [0.25, 0.3) is 0 Å². The van der Waals surface area contributed by atoms with Crippen LogP contribution in [0.5, 0.6) is 0 Å². The largest absolute Gasteiger partial charge is 0.393 e. The molecule has 0 radical (unpaired) electrons. The van der Waals surface area contributed by atoms with E-state index in [0.717, 1.165) is 12.2 Å². The number of halogens is 1. The number of thiol groups is 2. The molecule has 0 heterocycles. The zero-order chi connectivity index (χ0) is 10.7. The quantitative estimate of drug-likeness (QED) is 0.401. The number of nitrogens with one attached hydrogen (secondary N) is 1. The first-order valence-electron chi connectivity index (χ1n) is 3.44. The lowest BCUT2D eigenvalue weighted by atomic mass is 10.2. The second kappa shape index (κ2) is 13.2. The van der Waals surface area contributed by atoms with Crippen molar-refractivity contribution in [1.29, 1.82) is 0 Å². The molecule has 0 aromatic carbocycles. The van der Waals surface area contributed by atoms with Crippen molar-refractivity contribution in [1.82, 2.24) is 5.32 Å². The summed E-state index contributed by atoms with van der Waals surface area (Å²) in [6.45, 7) is 0. The Bertz CT molecular complexity index is 128. The third-order valence-electron chi connectivity index (χ3n) is 1.33. The minimum Gasteiger partial charge on any atom is -0.393 e. The molecule has 0 aliphatic rings. The van der Waals surface area contributed by atoms with Crippen molar-refractivity contribution >= 4 is 61.6 Å². The molecule has 0 aromatic heterocycles. The van der Waals surface area contributed by atoms with E-state index < -0.39 is 0 Å². The fourth-order valence-corrected chi connectivity index (χ4v) is 1.28. The molecule has 0 aliphatic carbocycles. The first kappa shape index (κ1) is 16.6. The van der Waals surface area contributed by atoms with E-state index in [-0.39, 0.29) is 12.0 Å². The van der Waals surface area contributed by atoms with Crippen LogP contribution in [0.4, 0.5) is 0 Å². The van der Waals surface area contributed by atoms with Crippen LogP contribution in [-0.2, 0) is 8.98 Å². The average molecular weight is 355 g/mol. The van der Waals surface area contributed by atoms with Gasteiger partial charge in [-0.25, -0.2) is 4.79 Å². The fourth-order valence-electron chi connectivity index (χ4n) is 0.679. The summed E-state index contributed by atoms with van der Waals surface area (Å²) in [6, 6.07) is -0.222. The molecule has 13 heavy (non-hydrogen) atoms. The summed E-state index contributed by atoms with van der Waals surface area (Å²) in [6.07, 6.45) is 2.77. The van der Waals surface area contributed by atoms with Gasteiger partial charge in [-0.3, -0.25) is 0 Å². The molecule has 3 nitrogen and oxygen atoms in total. The molecule has 1 atom stereocenters. The number of hydrogen-bond donors (Lipinski definition) is 3. The van der Waals surface area contributed by atoms with Crippen LogP contribution in [0.3, 0.4) is 0 Å². The van der Waals surface area contributed by atoms with Crippen LogP contribution in [0.25, 0.3) is 0 Å². The van der Waals surface area contributed by atoms with Gasteiger partial charge in [0.1, 0.15) is 6.04 Å². The Morgan fingerprint density at radius 1 is 1.69 bits per heavy atom. The summed E-state index contributed by atoms with van der Waals surface area (Å²) in [5, 5.41) is 2.85. The second-order valence-electron chi connectivity index (χ2n) is 2.03. The zero-order valence-corrected chi connectivity index (χ0v) is 12.3. The highest BCUT2D eigenvalue weighted by Crippen LogP contribution is 2.02. The van der Waals surface area contributed by atoms with Crippen LogP contribution in [-0.4, -0.2) is 31.1 Å². The second-order valence-corrected chi connectivity index (χ2v) is 3.20. The molecule has 7 heteroatoms. The molecule has 0 saturated carbocycles. The van der Waals surface area contributed by atoms with Crippen molar-refractivity contribution in [3.05, 3.63) is 0 Å². The number of carbonyl (C=O) groups excluding carboxylic acids is 1. The maximum absolute atomic E-state index is 10.9. The van der Waals surface area contributed by atoms with Gasteiger partial charge in [0, 0.05) is 12.9 Å². The maximum atomic E-state index is 10.9. The normalized spacial score (nSPS) is 11.2. The van der Waals surface area contributed by atoms with E-state index in [4.69, 9.17) is 0 Å². The summed E-state index contributed by atoms with van der Waals surface area (Å²) < 4.78 is 4.28. The number of rotatable bonds is 5. The van der Waals surface area contributed by atoms with Crippen molar-refractivity contribution in [2.24, 2.45) is 0 Å². The average Bonchev–Trinajstić information content (AvgIpc) is 2.21. The van der Waals surface area contributed by atoms with E-state index in [1.165, 1.54) is 0 Å². The molecule has 0 saturated heterocycles. The van der Waals surface area contributed by atoms with Gasteiger partial charge in [-0.1, -0.05) is 0 Å². The lowest BCUT2D eigenvalue weighted by Gasteiger charge is -2.10. The molecule has 0 aromatic rings. The lowest BCUT2D eigenvalue weighted by molar-refractivity contribution is -0.135. The number of thioether (sulfide) groups is 1. The van der Waals surface area contributed by atoms with Crippen LogP contribution in [0.15, 0.2) is 0 Å². The van der Waals surface area contributed by atoms with E-state index in [1.54, 1.807) is 18.8 Å². The van der Waals surface area contributed by atoms with Gasteiger partial charge < -0.3 is 9.50 Å². The van der Waals surface area contributed by atoms with Crippen LogP contribution in [0, 0.1) is 0 Å². The molecule has 0 fully saturated rings. The van der Waals surface area contributed by atoms with Crippen LogP contribution in [0.2, 0.25) is 0 Å². The molecule has 0 unspecified atom stereocenters. The SMILES string of the molecule is CN[C@@H](CCSC)C(=O)OS.SI. The van der Waals surface area contributed by atoms with Gasteiger partial charge in [0.05, 0.1) is 0 Å². The summed E-state index contributed by atoms with van der Waals surface area (Å²) in [5.41, 5.74) is 0. The molecule has 1 N–H and O–H groups in total. The van der Waals surface area contributed by atoms with Crippen LogP contribution >= 0.6 is 55.7 Å². The predicted molar refractivity (Wildman–Crippen MR) is 73.9 cm³/mol. The Balaban J connectivity index is 0. The first-order chi connectivity index (χ1) is 6.26. The molecular formula is C6H14INO2S3. The minimum atomic E-state index is -0.315. The maximum Gasteiger partial charge on any atom is 0.334 e. The highest BCUT2D eigenvalue weighted by Gasteiger charge is 2.15. The van der Waals surface area contributed by atoms with Crippen molar-refractivity contribution in [2.75, 3.05) is 19.1 Å². The molecule has 0 aliphatic heterocycles. The van der Waals surface area contributed by atoms with Gasteiger partial charge >= 0.3 is 5.97 Å². The predicted octanol–water partition coefficient (Wildman–Crippen LogP) is 1.98.